The monoisotopic (exact) mass is 446 g/mol. The molecule has 6 nitrogen and oxygen atoms in total. The van der Waals surface area contributed by atoms with Gasteiger partial charge in [0.1, 0.15) is 28.8 Å². The van der Waals surface area contributed by atoms with Crippen molar-refractivity contribution in [3.05, 3.63) is 41.0 Å². The number of rotatable bonds is 7. The predicted octanol–water partition coefficient (Wildman–Crippen LogP) is 4.42. The van der Waals surface area contributed by atoms with Crippen LogP contribution in [0.15, 0.2) is 30.5 Å². The van der Waals surface area contributed by atoms with Gasteiger partial charge in [0.2, 0.25) is 5.95 Å². The van der Waals surface area contributed by atoms with Gasteiger partial charge in [0.15, 0.2) is 5.82 Å². The van der Waals surface area contributed by atoms with E-state index in [1.165, 1.54) is 0 Å². The Labute approximate surface area is 187 Å². The first kappa shape index (κ1) is 21.8. The van der Waals surface area contributed by atoms with Gasteiger partial charge in [-0.3, -0.25) is 0 Å². The molecule has 3 heterocycles. The van der Waals surface area contributed by atoms with Crippen LogP contribution in [0.25, 0.3) is 0 Å². The number of hydrogen-bond acceptors (Lipinski definition) is 6. The lowest BCUT2D eigenvalue weighted by Gasteiger charge is -2.22. The molecule has 0 radical (unpaired) electrons. The van der Waals surface area contributed by atoms with E-state index in [2.05, 4.69) is 21.8 Å². The molecule has 0 N–H and O–H groups in total. The van der Waals surface area contributed by atoms with Gasteiger partial charge in [0.25, 0.3) is 0 Å². The van der Waals surface area contributed by atoms with E-state index in [0.717, 1.165) is 24.3 Å². The number of hydrogen-bond donors (Lipinski definition) is 0. The summed E-state index contributed by atoms with van der Waals surface area (Å²) in [5.74, 6) is 2.41. The number of Topliss-reactive ketones (excluding diaryl/α,β-unsaturated/α-hetero) is 1. The van der Waals surface area contributed by atoms with E-state index < -0.39 is 6.17 Å². The molecule has 0 aliphatic carbocycles. The Morgan fingerprint density at radius 2 is 1.97 bits per heavy atom. The molecule has 31 heavy (non-hydrogen) atoms. The van der Waals surface area contributed by atoms with Crippen molar-refractivity contribution in [3.63, 3.8) is 0 Å². The van der Waals surface area contributed by atoms with Crippen molar-refractivity contribution in [2.75, 3.05) is 36.0 Å². The number of nitrogens with zero attached hydrogens (tertiary/aromatic N) is 4. The molecule has 0 spiro atoms. The first-order chi connectivity index (χ1) is 14.9. The van der Waals surface area contributed by atoms with Crippen LogP contribution in [-0.2, 0) is 4.79 Å². The van der Waals surface area contributed by atoms with Gasteiger partial charge in [0.05, 0.1) is 19.3 Å². The highest BCUT2D eigenvalue weighted by Crippen LogP contribution is 2.31. The molecule has 1 aromatic carbocycles. The molecule has 0 unspecified atom stereocenters. The Morgan fingerprint density at radius 3 is 2.65 bits per heavy atom. The number of alkyl halides is 1. The Hall–Kier alpha value is -2.41. The van der Waals surface area contributed by atoms with Crippen molar-refractivity contribution < 1.29 is 13.9 Å². The Morgan fingerprint density at radius 1 is 1.23 bits per heavy atom. The van der Waals surface area contributed by atoms with Crippen molar-refractivity contribution >= 4 is 29.2 Å². The zero-order chi connectivity index (χ0) is 22.0. The SMILES string of the molecule is CC(=O)C[C@@H](C)c1ccc(O[C@@H]2CCN(c3nc(N4CC[C@H](F)C4)ncc3Cl)C2)cc1. The van der Waals surface area contributed by atoms with E-state index in [1.807, 2.05) is 29.2 Å². The van der Waals surface area contributed by atoms with Crippen LogP contribution in [0.3, 0.4) is 0 Å². The Balaban J connectivity index is 1.38. The van der Waals surface area contributed by atoms with Crippen molar-refractivity contribution in [2.24, 2.45) is 0 Å². The molecular weight excluding hydrogens is 419 g/mol. The summed E-state index contributed by atoms with van der Waals surface area (Å²) >= 11 is 6.38. The van der Waals surface area contributed by atoms with Crippen LogP contribution in [0.2, 0.25) is 5.02 Å². The molecule has 3 atom stereocenters. The van der Waals surface area contributed by atoms with Crippen LogP contribution >= 0.6 is 11.6 Å². The molecule has 166 valence electrons. The number of carbonyl (C=O) groups is 1. The standard InChI is InChI=1S/C23H28ClFN4O2/c1-15(11-16(2)30)17-3-5-19(6-4-17)31-20-8-10-28(14-20)22-21(24)12-26-23(27-22)29-9-7-18(25)13-29/h3-6,12,15,18,20H,7-11,13-14H2,1-2H3/t15-,18+,20-/m1/s1. The summed E-state index contributed by atoms with van der Waals surface area (Å²) in [7, 11) is 0. The number of benzene rings is 1. The van der Waals surface area contributed by atoms with E-state index in [9.17, 15) is 9.18 Å². The third kappa shape index (κ3) is 5.26. The van der Waals surface area contributed by atoms with Gasteiger partial charge in [-0.25, -0.2) is 9.37 Å². The molecule has 2 aliphatic heterocycles. The smallest absolute Gasteiger partial charge is 0.227 e. The largest absolute Gasteiger partial charge is 0.489 e. The third-order valence-corrected chi connectivity index (χ3v) is 6.18. The minimum atomic E-state index is -0.830. The fourth-order valence-electron chi connectivity index (χ4n) is 4.26. The average molecular weight is 447 g/mol. The Kier molecular flexibility index (Phi) is 6.60. The number of aromatic nitrogens is 2. The van der Waals surface area contributed by atoms with E-state index in [1.54, 1.807) is 13.1 Å². The summed E-state index contributed by atoms with van der Waals surface area (Å²) in [5, 5.41) is 0.490. The number of ketones is 1. The normalized spacial score (nSPS) is 22.1. The molecule has 2 aromatic rings. The van der Waals surface area contributed by atoms with E-state index in [-0.39, 0.29) is 17.8 Å². The van der Waals surface area contributed by atoms with Crippen molar-refractivity contribution in [1.29, 1.82) is 0 Å². The number of ether oxygens (including phenoxy) is 1. The molecule has 2 saturated heterocycles. The van der Waals surface area contributed by atoms with Gasteiger partial charge < -0.3 is 19.3 Å². The van der Waals surface area contributed by atoms with Gasteiger partial charge in [-0.2, -0.15) is 4.98 Å². The van der Waals surface area contributed by atoms with Crippen LogP contribution in [0.5, 0.6) is 5.75 Å². The maximum absolute atomic E-state index is 13.6. The average Bonchev–Trinajstić information content (AvgIpc) is 3.37. The number of anilines is 2. The first-order valence-electron chi connectivity index (χ1n) is 10.8. The van der Waals surface area contributed by atoms with Crippen LogP contribution < -0.4 is 14.5 Å². The van der Waals surface area contributed by atoms with Gasteiger partial charge >= 0.3 is 0 Å². The molecule has 8 heteroatoms. The van der Waals surface area contributed by atoms with Gasteiger partial charge in [0, 0.05) is 25.9 Å². The second-order valence-corrected chi connectivity index (χ2v) is 8.93. The zero-order valence-electron chi connectivity index (χ0n) is 17.9. The van der Waals surface area contributed by atoms with Crippen LogP contribution in [-0.4, -0.2) is 54.2 Å². The lowest BCUT2D eigenvalue weighted by molar-refractivity contribution is -0.117. The van der Waals surface area contributed by atoms with Gasteiger partial charge in [-0.1, -0.05) is 30.7 Å². The summed E-state index contributed by atoms with van der Waals surface area (Å²) < 4.78 is 19.7. The number of carbonyl (C=O) groups excluding carboxylic acids is 1. The topological polar surface area (TPSA) is 58.6 Å². The molecule has 0 amide bonds. The maximum atomic E-state index is 13.6. The molecule has 4 rings (SSSR count). The van der Waals surface area contributed by atoms with Gasteiger partial charge in [-0.05, 0) is 37.0 Å². The number of halogens is 2. The van der Waals surface area contributed by atoms with Crippen LogP contribution in [0, 0.1) is 0 Å². The molecule has 2 fully saturated rings. The van der Waals surface area contributed by atoms with Gasteiger partial charge in [-0.15, -0.1) is 0 Å². The highest BCUT2D eigenvalue weighted by Gasteiger charge is 2.29. The van der Waals surface area contributed by atoms with Crippen molar-refractivity contribution in [3.8, 4) is 5.75 Å². The predicted molar refractivity (Wildman–Crippen MR) is 120 cm³/mol. The highest BCUT2D eigenvalue weighted by molar-refractivity contribution is 6.32. The van der Waals surface area contributed by atoms with Crippen molar-refractivity contribution in [2.45, 2.75) is 51.3 Å². The fraction of sp³-hybridized carbons (Fsp3) is 0.522. The fourth-order valence-corrected chi connectivity index (χ4v) is 4.47. The molecule has 2 aliphatic rings. The van der Waals surface area contributed by atoms with E-state index >= 15 is 0 Å². The Bertz CT molecular complexity index is 926. The minimum absolute atomic E-state index is 0.0250. The van der Waals surface area contributed by atoms with E-state index in [0.29, 0.717) is 49.3 Å². The minimum Gasteiger partial charge on any atom is -0.489 e. The molecule has 1 aromatic heterocycles. The highest BCUT2D eigenvalue weighted by atomic mass is 35.5. The quantitative estimate of drug-likeness (QED) is 0.627. The summed E-state index contributed by atoms with van der Waals surface area (Å²) in [6.45, 7) is 6.07. The molecule has 0 saturated carbocycles. The summed E-state index contributed by atoms with van der Waals surface area (Å²) in [6.07, 6.45) is 2.70. The second-order valence-electron chi connectivity index (χ2n) is 8.52. The lowest BCUT2D eigenvalue weighted by atomic mass is 9.96. The maximum Gasteiger partial charge on any atom is 0.227 e. The first-order valence-corrected chi connectivity index (χ1v) is 11.2. The molecule has 0 bridgehead atoms. The second kappa shape index (κ2) is 9.39. The lowest BCUT2D eigenvalue weighted by Crippen LogP contribution is -2.27. The van der Waals surface area contributed by atoms with Crippen molar-refractivity contribution in [1.82, 2.24) is 9.97 Å². The zero-order valence-corrected chi connectivity index (χ0v) is 18.7. The molecular formula is C23H28ClFN4O2. The van der Waals surface area contributed by atoms with E-state index in [4.69, 9.17) is 16.3 Å². The van der Waals surface area contributed by atoms with Crippen LogP contribution in [0.4, 0.5) is 16.2 Å². The van der Waals surface area contributed by atoms with Crippen LogP contribution in [0.1, 0.15) is 44.6 Å². The summed E-state index contributed by atoms with van der Waals surface area (Å²) in [6, 6.07) is 7.98. The summed E-state index contributed by atoms with van der Waals surface area (Å²) in [5.41, 5.74) is 1.13. The third-order valence-electron chi connectivity index (χ3n) is 5.92. The summed E-state index contributed by atoms with van der Waals surface area (Å²) in [4.78, 5) is 24.2.